The van der Waals surface area contributed by atoms with E-state index in [1.165, 1.54) is 5.57 Å². The maximum absolute atomic E-state index is 13.5. The molecule has 0 spiro atoms. The maximum Gasteiger partial charge on any atom is 0.255 e. The van der Waals surface area contributed by atoms with E-state index < -0.39 is 0 Å². The lowest BCUT2D eigenvalue weighted by molar-refractivity contribution is -0.122. The number of hydrogen-bond donors (Lipinski definition) is 0. The standard InChI is InChI=1S/C28H34N2O3/c1-6-29-13-11-21(12-14-29)23-15-20(3)25-9-7-19(2)24(17-28(31)30(25)18-23)22-8-10-26(32-4)27(16-22)33-5/h8-11,15-19H,6-7,12-14H2,1-5H3. The number of likely N-dealkylation sites (N-methyl/N-ethyl adjacent to an activating group) is 1. The number of allylic oxidation sites excluding steroid dienone is 5. The number of carbonyl (C=O) groups is 1. The molecule has 3 heterocycles. The van der Waals surface area contributed by atoms with Gasteiger partial charge in [0, 0.05) is 31.1 Å². The smallest absolute Gasteiger partial charge is 0.255 e. The molecule has 1 unspecified atom stereocenters. The average Bonchev–Trinajstić information content (AvgIpc) is 2.84. The number of methoxy groups -OCH3 is 2. The summed E-state index contributed by atoms with van der Waals surface area (Å²) in [6.45, 7) is 9.56. The number of ether oxygens (including phenoxy) is 2. The molecule has 0 saturated carbocycles. The Hall–Kier alpha value is -3.05. The van der Waals surface area contributed by atoms with Crippen molar-refractivity contribution in [2.45, 2.75) is 33.6 Å². The van der Waals surface area contributed by atoms with Crippen LogP contribution in [0, 0.1) is 5.92 Å². The lowest BCUT2D eigenvalue weighted by Crippen LogP contribution is -2.31. The lowest BCUT2D eigenvalue weighted by Gasteiger charge is -2.32. The Labute approximate surface area is 197 Å². The second kappa shape index (κ2) is 9.84. The van der Waals surface area contributed by atoms with Crippen molar-refractivity contribution < 1.29 is 14.3 Å². The van der Waals surface area contributed by atoms with E-state index in [0.717, 1.165) is 60.5 Å². The molecule has 0 N–H and O–H groups in total. The molecule has 174 valence electrons. The van der Waals surface area contributed by atoms with Gasteiger partial charge in [0.1, 0.15) is 0 Å². The predicted octanol–water partition coefficient (Wildman–Crippen LogP) is 5.34. The Balaban J connectivity index is 1.69. The van der Waals surface area contributed by atoms with E-state index in [2.05, 4.69) is 43.9 Å². The van der Waals surface area contributed by atoms with Gasteiger partial charge >= 0.3 is 0 Å². The minimum absolute atomic E-state index is 0.0193. The first-order valence-electron chi connectivity index (χ1n) is 11.7. The molecule has 1 aromatic carbocycles. The minimum atomic E-state index is -0.0193. The topological polar surface area (TPSA) is 42.0 Å². The van der Waals surface area contributed by atoms with Gasteiger partial charge in [0.15, 0.2) is 11.5 Å². The molecular weight excluding hydrogens is 412 g/mol. The fraction of sp³-hybridized carbons (Fsp3) is 0.393. The first-order chi connectivity index (χ1) is 15.9. The fourth-order valence-electron chi connectivity index (χ4n) is 4.76. The third-order valence-electron chi connectivity index (χ3n) is 6.84. The van der Waals surface area contributed by atoms with Crippen LogP contribution in [-0.2, 0) is 4.79 Å². The van der Waals surface area contributed by atoms with Crippen molar-refractivity contribution in [3.8, 4) is 11.5 Å². The van der Waals surface area contributed by atoms with Gasteiger partial charge in [-0.15, -0.1) is 0 Å². The lowest BCUT2D eigenvalue weighted by atomic mass is 9.87. The Kier molecular flexibility index (Phi) is 6.89. The van der Waals surface area contributed by atoms with Gasteiger partial charge in [-0.05, 0) is 78.3 Å². The highest BCUT2D eigenvalue weighted by molar-refractivity contribution is 5.98. The molecule has 3 aliphatic heterocycles. The number of fused-ring (bicyclic) bond motifs is 1. The first-order valence-corrected chi connectivity index (χ1v) is 11.7. The fourth-order valence-corrected chi connectivity index (χ4v) is 4.76. The predicted molar refractivity (Wildman–Crippen MR) is 133 cm³/mol. The van der Waals surface area contributed by atoms with Crippen LogP contribution >= 0.6 is 0 Å². The summed E-state index contributed by atoms with van der Waals surface area (Å²) in [4.78, 5) is 17.8. The Morgan fingerprint density at radius 2 is 1.88 bits per heavy atom. The zero-order valence-corrected chi connectivity index (χ0v) is 20.4. The van der Waals surface area contributed by atoms with Crippen molar-refractivity contribution in [1.29, 1.82) is 0 Å². The maximum atomic E-state index is 13.5. The van der Waals surface area contributed by atoms with Crippen molar-refractivity contribution in [3.63, 3.8) is 0 Å². The van der Waals surface area contributed by atoms with Crippen molar-refractivity contribution in [2.24, 2.45) is 5.92 Å². The van der Waals surface area contributed by atoms with E-state index in [4.69, 9.17) is 9.47 Å². The summed E-state index contributed by atoms with van der Waals surface area (Å²) < 4.78 is 10.9. The molecule has 0 saturated heterocycles. The molecule has 0 radical (unpaired) electrons. The van der Waals surface area contributed by atoms with Crippen LogP contribution in [0.15, 0.2) is 71.1 Å². The van der Waals surface area contributed by atoms with E-state index in [0.29, 0.717) is 11.5 Å². The summed E-state index contributed by atoms with van der Waals surface area (Å²) >= 11 is 0. The minimum Gasteiger partial charge on any atom is -0.493 e. The van der Waals surface area contributed by atoms with Gasteiger partial charge in [0.05, 0.1) is 14.2 Å². The Morgan fingerprint density at radius 3 is 2.55 bits per heavy atom. The van der Waals surface area contributed by atoms with Crippen molar-refractivity contribution >= 4 is 11.5 Å². The van der Waals surface area contributed by atoms with Crippen LogP contribution in [-0.4, -0.2) is 49.6 Å². The highest BCUT2D eigenvalue weighted by Crippen LogP contribution is 2.37. The summed E-state index contributed by atoms with van der Waals surface area (Å²) in [6.07, 6.45) is 12.4. The molecule has 1 aromatic rings. The van der Waals surface area contributed by atoms with Gasteiger partial charge < -0.3 is 9.47 Å². The van der Waals surface area contributed by atoms with Gasteiger partial charge in [-0.25, -0.2) is 0 Å². The van der Waals surface area contributed by atoms with Crippen LogP contribution in [0.5, 0.6) is 11.5 Å². The van der Waals surface area contributed by atoms with Crippen LogP contribution in [0.1, 0.15) is 39.2 Å². The van der Waals surface area contributed by atoms with Gasteiger partial charge in [-0.3, -0.25) is 14.6 Å². The van der Waals surface area contributed by atoms with Crippen LogP contribution < -0.4 is 9.47 Å². The average molecular weight is 447 g/mol. The second-order valence-electron chi connectivity index (χ2n) is 8.89. The van der Waals surface area contributed by atoms with E-state index in [1.54, 1.807) is 20.3 Å². The van der Waals surface area contributed by atoms with Crippen LogP contribution in [0.4, 0.5) is 0 Å². The van der Waals surface area contributed by atoms with Gasteiger partial charge in [-0.2, -0.15) is 0 Å². The third kappa shape index (κ3) is 4.69. The third-order valence-corrected chi connectivity index (χ3v) is 6.84. The van der Waals surface area contributed by atoms with Crippen LogP contribution in [0.3, 0.4) is 0 Å². The normalized spacial score (nSPS) is 21.6. The first kappa shape index (κ1) is 23.1. The SMILES string of the molecule is CCN1CC=C(C2=CN3C(=O)C=C(c4ccc(OC)c(OC)c4)C(C)CC=C3C(C)=C2)CC1. The number of benzene rings is 1. The molecule has 1 atom stereocenters. The van der Waals surface area contributed by atoms with Crippen molar-refractivity contribution in [1.82, 2.24) is 9.80 Å². The Morgan fingerprint density at radius 1 is 1.09 bits per heavy atom. The molecule has 33 heavy (non-hydrogen) atoms. The molecule has 0 aromatic heterocycles. The highest BCUT2D eigenvalue weighted by Gasteiger charge is 2.26. The van der Waals surface area contributed by atoms with Crippen molar-refractivity contribution in [2.75, 3.05) is 33.9 Å². The quantitative estimate of drug-likeness (QED) is 0.613. The highest BCUT2D eigenvalue weighted by atomic mass is 16.5. The summed E-state index contributed by atoms with van der Waals surface area (Å²) in [7, 11) is 3.26. The monoisotopic (exact) mass is 446 g/mol. The summed E-state index contributed by atoms with van der Waals surface area (Å²) in [5, 5.41) is 0. The number of amides is 1. The molecule has 3 aliphatic rings. The van der Waals surface area contributed by atoms with E-state index in [1.807, 2.05) is 29.3 Å². The molecule has 1 amide bonds. The van der Waals surface area contributed by atoms with E-state index in [-0.39, 0.29) is 11.8 Å². The van der Waals surface area contributed by atoms with Crippen LogP contribution in [0.25, 0.3) is 5.57 Å². The molecule has 0 bridgehead atoms. The second-order valence-corrected chi connectivity index (χ2v) is 8.89. The zero-order chi connectivity index (χ0) is 23.5. The molecular formula is C28H34N2O3. The summed E-state index contributed by atoms with van der Waals surface area (Å²) in [5.41, 5.74) is 6.58. The number of carbonyl (C=O) groups excluding carboxylic acids is 1. The molecule has 5 heteroatoms. The van der Waals surface area contributed by atoms with Gasteiger partial charge in [0.25, 0.3) is 5.91 Å². The molecule has 0 fully saturated rings. The molecule has 5 nitrogen and oxygen atoms in total. The summed E-state index contributed by atoms with van der Waals surface area (Å²) in [6, 6.07) is 5.85. The van der Waals surface area contributed by atoms with E-state index in [9.17, 15) is 4.79 Å². The van der Waals surface area contributed by atoms with Crippen LogP contribution in [0.2, 0.25) is 0 Å². The molecule has 0 aliphatic carbocycles. The Bertz CT molecular complexity index is 1090. The van der Waals surface area contributed by atoms with Gasteiger partial charge in [-0.1, -0.05) is 32.1 Å². The largest absolute Gasteiger partial charge is 0.493 e. The molecule has 4 rings (SSSR count). The van der Waals surface area contributed by atoms with E-state index >= 15 is 0 Å². The zero-order valence-electron chi connectivity index (χ0n) is 20.4. The summed E-state index contributed by atoms with van der Waals surface area (Å²) in [5.74, 6) is 1.52. The number of hydrogen-bond acceptors (Lipinski definition) is 4. The number of rotatable bonds is 5. The van der Waals surface area contributed by atoms with Gasteiger partial charge in [0.2, 0.25) is 0 Å². The van der Waals surface area contributed by atoms with Crippen molar-refractivity contribution in [3.05, 3.63) is 76.7 Å². The number of nitrogens with zero attached hydrogens (tertiary/aromatic N) is 2.